The second-order valence-corrected chi connectivity index (χ2v) is 5.42. The summed E-state index contributed by atoms with van der Waals surface area (Å²) in [7, 11) is 0. The van der Waals surface area contributed by atoms with E-state index < -0.39 is 17.3 Å². The molecule has 2 saturated carbocycles. The van der Waals surface area contributed by atoms with Gasteiger partial charge in [-0.1, -0.05) is 23.7 Å². The molecule has 0 atom stereocenters. The molecule has 2 fully saturated rings. The summed E-state index contributed by atoms with van der Waals surface area (Å²) < 4.78 is 0. The van der Waals surface area contributed by atoms with Crippen LogP contribution in [0.1, 0.15) is 51.4 Å². The van der Waals surface area contributed by atoms with Crippen LogP contribution in [0.15, 0.2) is 0 Å². The average Bonchev–Trinajstić information content (AvgIpc) is 2.95. The molecule has 2 aliphatic rings. The van der Waals surface area contributed by atoms with Gasteiger partial charge in [0, 0.05) is 0 Å². The molecular weight excluding hydrogens is 228 g/mol. The predicted octanol–water partition coefficient (Wildman–Crippen LogP) is 0.964. The molecule has 0 heterocycles. The van der Waals surface area contributed by atoms with E-state index in [1.54, 1.807) is 0 Å². The maximum atomic E-state index is 9.99. The Bertz CT molecular complexity index is 366. The lowest BCUT2D eigenvalue weighted by atomic mass is 10.0. The summed E-state index contributed by atoms with van der Waals surface area (Å²) in [6.45, 7) is 0. The lowest BCUT2D eigenvalue weighted by Crippen LogP contribution is -2.22. The zero-order valence-electron chi connectivity index (χ0n) is 10.6. The van der Waals surface area contributed by atoms with Gasteiger partial charge in [-0.25, -0.2) is 0 Å². The fraction of sp³-hybridized carbons (Fsp3) is 0.733. The van der Waals surface area contributed by atoms with E-state index in [0.717, 1.165) is 25.7 Å². The van der Waals surface area contributed by atoms with Gasteiger partial charge in [0.1, 0.15) is 11.2 Å². The van der Waals surface area contributed by atoms with Crippen molar-refractivity contribution in [3.05, 3.63) is 0 Å². The second kappa shape index (κ2) is 5.33. The Labute approximate surface area is 108 Å². The largest absolute Gasteiger partial charge is 0.378 e. The SMILES string of the molecule is OC(C#CC1(O)CCCC1)C#CC1(O)CCCC1. The maximum Gasteiger partial charge on any atom is 0.176 e. The van der Waals surface area contributed by atoms with Crippen LogP contribution in [0.25, 0.3) is 0 Å². The molecule has 0 amide bonds. The van der Waals surface area contributed by atoms with Crippen LogP contribution in [0.5, 0.6) is 0 Å². The topological polar surface area (TPSA) is 60.7 Å². The van der Waals surface area contributed by atoms with Crippen LogP contribution < -0.4 is 0 Å². The van der Waals surface area contributed by atoms with Crippen LogP contribution in [0.2, 0.25) is 0 Å². The van der Waals surface area contributed by atoms with E-state index in [-0.39, 0.29) is 0 Å². The second-order valence-electron chi connectivity index (χ2n) is 5.42. The van der Waals surface area contributed by atoms with E-state index in [1.165, 1.54) is 0 Å². The van der Waals surface area contributed by atoms with Crippen LogP contribution in [0, 0.1) is 23.7 Å². The van der Waals surface area contributed by atoms with Crippen LogP contribution in [0.3, 0.4) is 0 Å². The smallest absolute Gasteiger partial charge is 0.176 e. The molecule has 0 spiro atoms. The predicted molar refractivity (Wildman–Crippen MR) is 68.4 cm³/mol. The molecule has 0 radical (unpaired) electrons. The third-order valence-corrected chi connectivity index (χ3v) is 3.74. The van der Waals surface area contributed by atoms with Gasteiger partial charge in [0.25, 0.3) is 0 Å². The van der Waals surface area contributed by atoms with Crippen LogP contribution in [0.4, 0.5) is 0 Å². The standard InChI is InChI=1S/C15H20O3/c16-13(5-11-14(17)7-1-2-8-14)6-12-15(18)9-3-4-10-15/h13,16-18H,1-4,7-10H2. The number of hydrogen-bond donors (Lipinski definition) is 3. The Hall–Kier alpha value is -1.00. The van der Waals surface area contributed by atoms with Gasteiger partial charge in [0.15, 0.2) is 6.10 Å². The van der Waals surface area contributed by atoms with Crippen molar-refractivity contribution in [1.29, 1.82) is 0 Å². The van der Waals surface area contributed by atoms with E-state index >= 15 is 0 Å². The fourth-order valence-corrected chi connectivity index (χ4v) is 2.61. The van der Waals surface area contributed by atoms with Gasteiger partial charge < -0.3 is 15.3 Å². The first-order chi connectivity index (χ1) is 8.52. The minimum Gasteiger partial charge on any atom is -0.378 e. The molecule has 0 aliphatic heterocycles. The molecule has 0 aromatic rings. The van der Waals surface area contributed by atoms with Crippen molar-refractivity contribution in [2.24, 2.45) is 0 Å². The van der Waals surface area contributed by atoms with Crippen molar-refractivity contribution >= 4 is 0 Å². The normalized spacial score (nSPS) is 24.2. The molecule has 98 valence electrons. The van der Waals surface area contributed by atoms with Crippen LogP contribution in [-0.4, -0.2) is 32.6 Å². The van der Waals surface area contributed by atoms with Crippen molar-refractivity contribution in [3.63, 3.8) is 0 Å². The van der Waals surface area contributed by atoms with Crippen LogP contribution in [-0.2, 0) is 0 Å². The maximum absolute atomic E-state index is 9.99. The monoisotopic (exact) mass is 248 g/mol. The van der Waals surface area contributed by atoms with E-state index in [9.17, 15) is 15.3 Å². The fourth-order valence-electron chi connectivity index (χ4n) is 2.61. The molecule has 3 heteroatoms. The highest BCUT2D eigenvalue weighted by Crippen LogP contribution is 2.29. The third kappa shape index (κ3) is 3.50. The number of rotatable bonds is 0. The van der Waals surface area contributed by atoms with Gasteiger partial charge in [-0.15, -0.1) is 0 Å². The number of aliphatic hydroxyl groups is 3. The number of aliphatic hydroxyl groups excluding tert-OH is 1. The van der Waals surface area contributed by atoms with Crippen molar-refractivity contribution in [1.82, 2.24) is 0 Å². The van der Waals surface area contributed by atoms with Crippen molar-refractivity contribution < 1.29 is 15.3 Å². The van der Waals surface area contributed by atoms with Gasteiger partial charge in [-0.3, -0.25) is 0 Å². The van der Waals surface area contributed by atoms with Gasteiger partial charge in [-0.05, 0) is 51.4 Å². The highest BCUT2D eigenvalue weighted by atomic mass is 16.3. The van der Waals surface area contributed by atoms with Gasteiger partial charge in [-0.2, -0.15) is 0 Å². The Morgan fingerprint density at radius 3 is 1.39 bits per heavy atom. The van der Waals surface area contributed by atoms with E-state index in [4.69, 9.17) is 0 Å². The summed E-state index contributed by atoms with van der Waals surface area (Å²) in [6, 6.07) is 0. The zero-order valence-corrected chi connectivity index (χ0v) is 10.6. The zero-order chi connectivity index (χ0) is 13.1. The molecule has 0 bridgehead atoms. The molecular formula is C15H20O3. The van der Waals surface area contributed by atoms with E-state index in [0.29, 0.717) is 25.7 Å². The van der Waals surface area contributed by atoms with Crippen molar-refractivity contribution in [3.8, 4) is 23.7 Å². The summed E-state index contributed by atoms with van der Waals surface area (Å²) in [5.74, 6) is 10.6. The third-order valence-electron chi connectivity index (χ3n) is 3.74. The molecule has 0 aromatic heterocycles. The minimum absolute atomic E-state index is 0.671. The Morgan fingerprint density at radius 2 is 1.06 bits per heavy atom. The molecule has 2 rings (SSSR count). The lowest BCUT2D eigenvalue weighted by Gasteiger charge is -2.14. The summed E-state index contributed by atoms with van der Waals surface area (Å²) >= 11 is 0. The first-order valence-corrected chi connectivity index (χ1v) is 6.70. The summed E-state index contributed by atoms with van der Waals surface area (Å²) in [5, 5.41) is 29.6. The highest BCUT2D eigenvalue weighted by molar-refractivity contribution is 5.27. The van der Waals surface area contributed by atoms with Gasteiger partial charge in [0.2, 0.25) is 0 Å². The molecule has 18 heavy (non-hydrogen) atoms. The Balaban J connectivity index is 1.94. The molecule has 3 N–H and O–H groups in total. The average molecular weight is 248 g/mol. The summed E-state index contributed by atoms with van der Waals surface area (Å²) in [6.07, 6.45) is 5.51. The number of hydrogen-bond acceptors (Lipinski definition) is 3. The molecule has 2 aliphatic carbocycles. The quantitative estimate of drug-likeness (QED) is 0.560. The summed E-state index contributed by atoms with van der Waals surface area (Å²) in [5.41, 5.74) is -1.88. The summed E-state index contributed by atoms with van der Waals surface area (Å²) in [4.78, 5) is 0. The minimum atomic E-state index is -1.08. The molecule has 3 nitrogen and oxygen atoms in total. The Kier molecular flexibility index (Phi) is 3.97. The highest BCUT2D eigenvalue weighted by Gasteiger charge is 2.29. The van der Waals surface area contributed by atoms with Crippen molar-refractivity contribution in [2.75, 3.05) is 0 Å². The lowest BCUT2D eigenvalue weighted by molar-refractivity contribution is 0.109. The first kappa shape index (κ1) is 13.4. The van der Waals surface area contributed by atoms with Crippen molar-refractivity contribution in [2.45, 2.75) is 68.7 Å². The van der Waals surface area contributed by atoms with Crippen LogP contribution >= 0.6 is 0 Å². The molecule has 0 unspecified atom stereocenters. The molecule has 0 aromatic carbocycles. The molecule has 0 saturated heterocycles. The Morgan fingerprint density at radius 1 is 0.722 bits per heavy atom. The van der Waals surface area contributed by atoms with E-state index in [2.05, 4.69) is 23.7 Å². The van der Waals surface area contributed by atoms with Gasteiger partial charge in [0.05, 0.1) is 0 Å². The first-order valence-electron chi connectivity index (χ1n) is 6.70. The van der Waals surface area contributed by atoms with E-state index in [1.807, 2.05) is 0 Å². The van der Waals surface area contributed by atoms with Gasteiger partial charge >= 0.3 is 0 Å².